The topological polar surface area (TPSA) is 162 Å². The number of rotatable bonds is 9. The van der Waals surface area contributed by atoms with E-state index in [9.17, 15) is 47.2 Å². The van der Waals surface area contributed by atoms with Crippen LogP contribution in [0.2, 0.25) is 5.02 Å². The molecule has 0 fully saturated rings. The largest absolute Gasteiger partial charge is 0.408 e. The number of anilines is 1. The summed E-state index contributed by atoms with van der Waals surface area (Å²) in [6, 6.07) is 6.50. The molecule has 2 aromatic heterocycles. The summed E-state index contributed by atoms with van der Waals surface area (Å²) < 4.78 is 144. The van der Waals surface area contributed by atoms with Crippen LogP contribution in [0.4, 0.5) is 27.8 Å². The second-order valence-corrected chi connectivity index (χ2v) is 18.8. The monoisotopic (exact) mass is 781 g/mol. The summed E-state index contributed by atoms with van der Waals surface area (Å²) in [5.41, 5.74) is 5.92. The average Bonchev–Trinajstić information content (AvgIpc) is 3.26. The Labute approximate surface area is 290 Å². The number of hydrogen-bond acceptors (Lipinski definition) is 9. The van der Waals surface area contributed by atoms with Crippen molar-refractivity contribution in [2.24, 2.45) is 5.73 Å². The van der Waals surface area contributed by atoms with Crippen LogP contribution in [0.25, 0.3) is 22.0 Å². The highest BCUT2D eigenvalue weighted by molar-refractivity contribution is 8.09. The van der Waals surface area contributed by atoms with Gasteiger partial charge in [0.05, 0.1) is 40.2 Å². The predicted octanol–water partition coefficient (Wildman–Crippen LogP) is 4.74. The summed E-state index contributed by atoms with van der Waals surface area (Å²) >= 11 is 6.41. The summed E-state index contributed by atoms with van der Waals surface area (Å²) in [5, 5.41) is 2.94. The van der Waals surface area contributed by atoms with Crippen LogP contribution in [0.5, 0.6) is 0 Å². The molecular weight excluding hydrogens is 753 g/mol. The Morgan fingerprint density at radius 3 is 2.00 bits per heavy atom. The predicted molar refractivity (Wildman–Crippen MR) is 179 cm³/mol. The van der Waals surface area contributed by atoms with Gasteiger partial charge in [-0.25, -0.2) is 39.0 Å². The summed E-state index contributed by atoms with van der Waals surface area (Å²) in [4.78, 5) is 4.46. The Kier molecular flexibility index (Phi) is 10.4. The molecule has 2 aromatic carbocycles. The van der Waals surface area contributed by atoms with Crippen molar-refractivity contribution in [1.82, 2.24) is 14.8 Å². The van der Waals surface area contributed by atoms with Crippen molar-refractivity contribution in [2.75, 3.05) is 22.5 Å². The SMILES string of the molecule is CC(C)(C#Cc1ccc(-c2ccc(Cl)c3c(N(S(C)(=O)=O)S(C)(=O)=O)nn(CC(F)(F)F)c23)c([C@@H](N)Cc2cc(F)cc(F)c2)n1)S(C)(=O)=O. The molecule has 1 atom stereocenters. The third-order valence-corrected chi connectivity index (χ3v) is 12.7. The fourth-order valence-electron chi connectivity index (χ4n) is 4.89. The van der Waals surface area contributed by atoms with E-state index in [0.717, 1.165) is 18.4 Å². The van der Waals surface area contributed by atoms with E-state index in [1.807, 2.05) is 0 Å². The normalized spacial score (nSPS) is 13.6. The van der Waals surface area contributed by atoms with Crippen molar-refractivity contribution in [3.05, 3.63) is 76.1 Å². The maximum atomic E-state index is 14.1. The summed E-state index contributed by atoms with van der Waals surface area (Å²) in [5.74, 6) is 2.50. The minimum atomic E-state index is -4.96. The number of benzene rings is 2. The first kappa shape index (κ1) is 39.0. The first-order valence-electron chi connectivity index (χ1n) is 14.1. The first-order chi connectivity index (χ1) is 22.7. The molecule has 0 unspecified atom stereocenters. The highest BCUT2D eigenvalue weighted by Gasteiger charge is 2.37. The van der Waals surface area contributed by atoms with Crippen LogP contribution in [-0.2, 0) is 42.8 Å². The lowest BCUT2D eigenvalue weighted by atomic mass is 9.94. The standard InChI is InChI=1S/C30H29ClF5N5O6S3/c1-29(2,48(3,42)43)11-10-20-6-7-21(26(38-20)24(37)14-17-12-18(32)15-19(33)13-17)22-8-9-23(31)25-27(22)40(16-30(34,35)36)39-28(25)41(49(4,44)45)50(5,46)47/h6-9,12-13,15,24H,14,16,37H2,1-5H3/t24-/m0/s1. The molecule has 0 aliphatic carbocycles. The van der Waals surface area contributed by atoms with Gasteiger partial charge in [-0.05, 0) is 62.1 Å². The van der Waals surface area contributed by atoms with E-state index in [0.29, 0.717) is 23.3 Å². The maximum Gasteiger partial charge on any atom is 0.408 e. The number of hydrogen-bond donors (Lipinski definition) is 1. The van der Waals surface area contributed by atoms with E-state index in [1.165, 1.54) is 38.1 Å². The molecule has 4 rings (SSSR count). The molecule has 0 aliphatic heterocycles. The molecule has 2 heterocycles. The van der Waals surface area contributed by atoms with Gasteiger partial charge >= 0.3 is 6.18 Å². The quantitative estimate of drug-likeness (QED) is 0.187. The molecule has 20 heteroatoms. The number of halogens is 6. The molecule has 0 radical (unpaired) electrons. The van der Waals surface area contributed by atoms with Gasteiger partial charge in [0, 0.05) is 23.4 Å². The van der Waals surface area contributed by atoms with E-state index >= 15 is 0 Å². The van der Waals surface area contributed by atoms with Crippen molar-refractivity contribution in [1.29, 1.82) is 0 Å². The van der Waals surface area contributed by atoms with Crippen molar-refractivity contribution in [3.63, 3.8) is 0 Å². The summed E-state index contributed by atoms with van der Waals surface area (Å²) in [6.45, 7) is 0.893. The van der Waals surface area contributed by atoms with Crippen molar-refractivity contribution in [3.8, 4) is 23.0 Å². The fourth-order valence-corrected chi connectivity index (χ4v) is 8.22. The van der Waals surface area contributed by atoms with Crippen molar-refractivity contribution in [2.45, 2.75) is 43.8 Å². The highest BCUT2D eigenvalue weighted by atomic mass is 35.5. The molecular formula is C30H29ClF5N5O6S3. The van der Waals surface area contributed by atoms with Crippen molar-refractivity contribution >= 4 is 58.2 Å². The van der Waals surface area contributed by atoms with Gasteiger partial charge in [0.15, 0.2) is 15.7 Å². The van der Waals surface area contributed by atoms with Gasteiger partial charge in [0.2, 0.25) is 20.0 Å². The van der Waals surface area contributed by atoms with Crippen LogP contribution in [0.15, 0.2) is 42.5 Å². The zero-order valence-corrected chi connectivity index (χ0v) is 30.0. The van der Waals surface area contributed by atoms with Crippen LogP contribution in [-0.4, -0.2) is 69.7 Å². The summed E-state index contributed by atoms with van der Waals surface area (Å²) in [7, 11) is -13.1. The zero-order chi connectivity index (χ0) is 37.8. The number of nitrogens with two attached hydrogens (primary N) is 1. The molecule has 0 spiro atoms. The Bertz CT molecular complexity index is 2350. The van der Waals surface area contributed by atoms with Gasteiger partial charge < -0.3 is 5.73 Å². The van der Waals surface area contributed by atoms with Crippen LogP contribution >= 0.6 is 11.6 Å². The highest BCUT2D eigenvalue weighted by Crippen LogP contribution is 2.42. The molecule has 11 nitrogen and oxygen atoms in total. The smallest absolute Gasteiger partial charge is 0.322 e. The fraction of sp³-hybridized carbons (Fsp3) is 0.333. The number of sulfone groups is 1. The minimum Gasteiger partial charge on any atom is -0.322 e. The molecule has 50 heavy (non-hydrogen) atoms. The lowest BCUT2D eigenvalue weighted by Crippen LogP contribution is -2.36. The van der Waals surface area contributed by atoms with Gasteiger partial charge in [0.25, 0.3) is 0 Å². The van der Waals surface area contributed by atoms with Crippen LogP contribution in [0.1, 0.15) is 36.8 Å². The van der Waals surface area contributed by atoms with Crippen LogP contribution in [0.3, 0.4) is 0 Å². The van der Waals surface area contributed by atoms with Crippen molar-refractivity contribution < 1.29 is 47.2 Å². The van der Waals surface area contributed by atoms with E-state index in [1.54, 1.807) is 0 Å². The number of sulfonamides is 2. The van der Waals surface area contributed by atoms with Gasteiger partial charge in [-0.2, -0.15) is 18.3 Å². The lowest BCUT2D eigenvalue weighted by molar-refractivity contribution is -0.141. The number of alkyl halides is 3. The molecule has 0 bridgehead atoms. The van der Waals surface area contributed by atoms with Crippen LogP contribution in [0, 0.1) is 23.5 Å². The lowest BCUT2D eigenvalue weighted by Gasteiger charge is -2.19. The zero-order valence-electron chi connectivity index (χ0n) is 26.8. The second-order valence-electron chi connectivity index (χ2n) is 11.9. The number of aromatic nitrogens is 3. The van der Waals surface area contributed by atoms with Gasteiger partial charge in [0.1, 0.15) is 28.6 Å². The maximum absolute atomic E-state index is 14.1. The van der Waals surface area contributed by atoms with Crippen LogP contribution < -0.4 is 9.44 Å². The third kappa shape index (κ3) is 8.54. The second kappa shape index (κ2) is 13.4. The molecule has 4 aromatic rings. The molecule has 0 saturated heterocycles. The molecule has 0 saturated carbocycles. The first-order valence-corrected chi connectivity index (χ1v) is 20.1. The van der Waals surface area contributed by atoms with E-state index in [-0.39, 0.29) is 43.2 Å². The van der Waals surface area contributed by atoms with E-state index < -0.39 is 81.7 Å². The van der Waals surface area contributed by atoms with E-state index in [2.05, 4.69) is 21.9 Å². The number of nitrogens with zero attached hydrogens (tertiary/aromatic N) is 4. The Hall–Kier alpha value is -3.83. The molecule has 2 N–H and O–H groups in total. The molecule has 270 valence electrons. The average molecular weight is 782 g/mol. The van der Waals surface area contributed by atoms with E-state index in [4.69, 9.17) is 17.3 Å². The summed E-state index contributed by atoms with van der Waals surface area (Å²) in [6.07, 6.45) is -3.21. The van der Waals surface area contributed by atoms with Gasteiger partial charge in [-0.15, -0.1) is 3.71 Å². The Balaban J connectivity index is 2.10. The molecule has 0 amide bonds. The Morgan fingerprint density at radius 1 is 0.920 bits per heavy atom. The third-order valence-electron chi connectivity index (χ3n) is 7.29. The van der Waals surface area contributed by atoms with Gasteiger partial charge in [-0.3, -0.25) is 4.68 Å². The molecule has 0 aliphatic rings. The minimum absolute atomic E-state index is 0.00380. The van der Waals surface area contributed by atoms with Gasteiger partial charge in [-0.1, -0.05) is 23.6 Å². The number of fused-ring (bicyclic) bond motifs is 1. The Morgan fingerprint density at radius 2 is 1.48 bits per heavy atom. The number of pyridine rings is 1.